The number of amides is 1. The Kier molecular flexibility index (Phi) is 5.42. The van der Waals surface area contributed by atoms with Crippen LogP contribution < -0.4 is 5.73 Å². The number of aromatic hydroxyl groups is 1. The van der Waals surface area contributed by atoms with Gasteiger partial charge in [-0.1, -0.05) is 42.5 Å². The van der Waals surface area contributed by atoms with E-state index in [1.165, 1.54) is 11.2 Å². The zero-order chi connectivity index (χ0) is 22.8. The van der Waals surface area contributed by atoms with E-state index in [4.69, 9.17) is 5.73 Å². The van der Waals surface area contributed by atoms with Crippen LogP contribution in [-0.4, -0.2) is 36.5 Å². The van der Waals surface area contributed by atoms with Crippen molar-refractivity contribution in [2.24, 2.45) is 10.8 Å². The van der Waals surface area contributed by atoms with Crippen LogP contribution in [-0.2, 0) is 6.54 Å². The van der Waals surface area contributed by atoms with Crippen LogP contribution in [0.5, 0.6) is 5.75 Å². The predicted molar refractivity (Wildman–Crippen MR) is 124 cm³/mol. The maximum Gasteiger partial charge on any atom is 0.277 e. The summed E-state index contributed by atoms with van der Waals surface area (Å²) in [7, 11) is 0. The lowest BCUT2D eigenvalue weighted by molar-refractivity contribution is 0.0709. The van der Waals surface area contributed by atoms with Gasteiger partial charge >= 0.3 is 0 Å². The molecule has 8 heteroatoms. The summed E-state index contributed by atoms with van der Waals surface area (Å²) in [6, 6.07) is 17.9. The van der Waals surface area contributed by atoms with Crippen molar-refractivity contribution >= 4 is 11.6 Å². The average molecular weight is 438 g/mol. The van der Waals surface area contributed by atoms with Gasteiger partial charge in [0, 0.05) is 42.7 Å². The van der Waals surface area contributed by atoms with E-state index in [9.17, 15) is 9.90 Å². The molecule has 1 aliphatic rings. The van der Waals surface area contributed by atoms with E-state index < -0.39 is 6.04 Å². The van der Waals surface area contributed by atoms with Gasteiger partial charge in [0.15, 0.2) is 0 Å². The van der Waals surface area contributed by atoms with Gasteiger partial charge in [-0.25, -0.2) is 9.69 Å². The van der Waals surface area contributed by atoms with Crippen molar-refractivity contribution in [1.82, 2.24) is 19.8 Å². The largest absolute Gasteiger partial charge is 0.508 e. The maximum absolute atomic E-state index is 13.6. The predicted octanol–water partition coefficient (Wildman–Crippen LogP) is 3.42. The number of nitrogens with zero attached hydrogens (tertiary/aromatic N) is 5. The molecule has 0 fully saturated rings. The van der Waals surface area contributed by atoms with E-state index in [-0.39, 0.29) is 11.7 Å². The number of phenols is 1. The molecule has 3 N–H and O–H groups in total. The minimum Gasteiger partial charge on any atom is -0.508 e. The van der Waals surface area contributed by atoms with E-state index >= 15 is 0 Å². The summed E-state index contributed by atoms with van der Waals surface area (Å²) < 4.78 is 1.65. The van der Waals surface area contributed by atoms with Gasteiger partial charge in [-0.2, -0.15) is 10.2 Å². The summed E-state index contributed by atoms with van der Waals surface area (Å²) in [6.45, 7) is 0.361. The Balaban J connectivity index is 1.52. The Hall–Kier alpha value is -4.30. The first kappa shape index (κ1) is 20.6. The molecule has 0 saturated carbocycles. The summed E-state index contributed by atoms with van der Waals surface area (Å²) in [5, 5.41) is 20.9. The molecule has 1 atom stereocenters. The van der Waals surface area contributed by atoms with Crippen molar-refractivity contribution in [1.29, 1.82) is 0 Å². The highest BCUT2D eigenvalue weighted by molar-refractivity contribution is 6.04. The molecule has 164 valence electrons. The lowest BCUT2D eigenvalue weighted by atomic mass is 9.98. The third-order valence-corrected chi connectivity index (χ3v) is 5.70. The molecule has 1 aliphatic heterocycles. The van der Waals surface area contributed by atoms with Crippen LogP contribution in [0, 0.1) is 0 Å². The molecule has 4 aromatic rings. The Labute approximate surface area is 190 Å². The smallest absolute Gasteiger partial charge is 0.277 e. The highest BCUT2D eigenvalue weighted by Gasteiger charge is 2.35. The van der Waals surface area contributed by atoms with Gasteiger partial charge in [0.2, 0.25) is 0 Å². The minimum atomic E-state index is -0.450. The number of benzene rings is 2. The van der Waals surface area contributed by atoms with Gasteiger partial charge in [-0.15, -0.1) is 0 Å². The Morgan fingerprint density at radius 1 is 1.06 bits per heavy atom. The van der Waals surface area contributed by atoms with Crippen LogP contribution in [0.2, 0.25) is 0 Å². The van der Waals surface area contributed by atoms with E-state index in [0.717, 1.165) is 22.5 Å². The summed E-state index contributed by atoms with van der Waals surface area (Å²) >= 11 is 0. The average Bonchev–Trinajstić information content (AvgIpc) is 3.53. The minimum absolute atomic E-state index is 0.121. The monoisotopic (exact) mass is 438 g/mol. The molecule has 3 heterocycles. The van der Waals surface area contributed by atoms with Gasteiger partial charge in [0.25, 0.3) is 5.91 Å². The number of nitrogens with two attached hydrogens (primary N) is 1. The number of aromatic nitrogens is 3. The van der Waals surface area contributed by atoms with Crippen molar-refractivity contribution in [3.05, 3.63) is 108 Å². The summed E-state index contributed by atoms with van der Waals surface area (Å²) in [5.41, 5.74) is 10.2. The molecule has 0 radical (unpaired) electrons. The molecule has 0 aliphatic carbocycles. The van der Waals surface area contributed by atoms with E-state index in [0.29, 0.717) is 24.1 Å². The normalized spacial score (nSPS) is 15.5. The van der Waals surface area contributed by atoms with Crippen LogP contribution in [0.3, 0.4) is 0 Å². The molecule has 8 nitrogen and oxygen atoms in total. The fourth-order valence-electron chi connectivity index (χ4n) is 4.02. The Morgan fingerprint density at radius 3 is 2.67 bits per heavy atom. The molecule has 1 unspecified atom stereocenters. The third kappa shape index (κ3) is 3.88. The van der Waals surface area contributed by atoms with Crippen LogP contribution in [0.25, 0.3) is 5.69 Å². The van der Waals surface area contributed by atoms with Gasteiger partial charge in [-0.05, 0) is 23.8 Å². The second-order valence-electron chi connectivity index (χ2n) is 7.72. The van der Waals surface area contributed by atoms with Crippen molar-refractivity contribution in [2.45, 2.75) is 19.0 Å². The first-order valence-corrected chi connectivity index (χ1v) is 10.6. The topological polar surface area (TPSA) is 110 Å². The fraction of sp³-hybridized carbons (Fsp3) is 0.120. The van der Waals surface area contributed by atoms with Crippen molar-refractivity contribution in [3.63, 3.8) is 0 Å². The van der Waals surface area contributed by atoms with Gasteiger partial charge in [0.05, 0.1) is 29.2 Å². The van der Waals surface area contributed by atoms with Gasteiger partial charge < -0.3 is 10.8 Å². The highest BCUT2D eigenvalue weighted by Crippen LogP contribution is 2.37. The Bertz CT molecular complexity index is 1330. The number of hydrogen-bond donors (Lipinski definition) is 2. The standard InChI is InChI=1S/C25H22N6O2/c26-13-17-6-1-3-9-22(17)30-16-19(15-28-30)25(33)31-23(20-8-2-4-10-24(20)32)12-21(29-31)18-7-5-11-27-14-18/h1-11,14-16,23,32H,12-13,26H2. The first-order chi connectivity index (χ1) is 16.2. The number of carbonyl (C=O) groups is 1. The third-order valence-electron chi connectivity index (χ3n) is 5.70. The van der Waals surface area contributed by atoms with Crippen molar-refractivity contribution in [2.75, 3.05) is 0 Å². The molecule has 33 heavy (non-hydrogen) atoms. The molecule has 0 bridgehead atoms. The first-order valence-electron chi connectivity index (χ1n) is 10.6. The van der Waals surface area contributed by atoms with E-state index in [1.807, 2.05) is 48.5 Å². The lowest BCUT2D eigenvalue weighted by Gasteiger charge is -2.22. The fourth-order valence-corrected chi connectivity index (χ4v) is 4.02. The molecular formula is C25H22N6O2. The number of carbonyl (C=O) groups excluding carboxylic acids is 1. The van der Waals surface area contributed by atoms with Crippen LogP contribution in [0.4, 0.5) is 0 Å². The second kappa shape index (κ2) is 8.68. The quantitative estimate of drug-likeness (QED) is 0.496. The maximum atomic E-state index is 13.6. The highest BCUT2D eigenvalue weighted by atomic mass is 16.3. The summed E-state index contributed by atoms with van der Waals surface area (Å²) in [4.78, 5) is 17.7. The molecule has 0 saturated heterocycles. The molecule has 5 rings (SSSR count). The number of hydrogen-bond acceptors (Lipinski definition) is 6. The SMILES string of the molecule is NCc1ccccc1-n1cc(C(=O)N2N=C(c3cccnc3)CC2c2ccccc2O)cn1. The van der Waals surface area contributed by atoms with Crippen molar-refractivity contribution in [3.8, 4) is 11.4 Å². The molecular weight excluding hydrogens is 416 g/mol. The number of hydrazone groups is 1. The van der Waals surface area contributed by atoms with Gasteiger partial charge in [0.1, 0.15) is 5.75 Å². The number of rotatable bonds is 5. The van der Waals surface area contributed by atoms with E-state index in [2.05, 4.69) is 15.2 Å². The van der Waals surface area contributed by atoms with Crippen molar-refractivity contribution < 1.29 is 9.90 Å². The zero-order valence-corrected chi connectivity index (χ0v) is 17.7. The number of para-hydroxylation sites is 2. The number of pyridine rings is 1. The zero-order valence-electron chi connectivity index (χ0n) is 17.7. The van der Waals surface area contributed by atoms with Crippen LogP contribution in [0.1, 0.15) is 39.5 Å². The van der Waals surface area contributed by atoms with Gasteiger partial charge in [-0.3, -0.25) is 9.78 Å². The lowest BCUT2D eigenvalue weighted by Crippen LogP contribution is -2.27. The molecule has 0 spiro atoms. The Morgan fingerprint density at radius 2 is 1.88 bits per heavy atom. The molecule has 2 aromatic heterocycles. The molecule has 2 aromatic carbocycles. The van der Waals surface area contributed by atoms with Crippen LogP contribution in [0.15, 0.2) is 90.6 Å². The van der Waals surface area contributed by atoms with E-state index in [1.54, 1.807) is 35.4 Å². The molecule has 1 amide bonds. The van der Waals surface area contributed by atoms with Crippen LogP contribution >= 0.6 is 0 Å². The summed E-state index contributed by atoms with van der Waals surface area (Å²) in [5.74, 6) is -0.186. The second-order valence-corrected chi connectivity index (χ2v) is 7.72. The number of phenolic OH excluding ortho intramolecular Hbond substituents is 1. The summed E-state index contributed by atoms with van der Waals surface area (Å²) in [6.07, 6.45) is 7.07.